The quantitative estimate of drug-likeness (QED) is 0.483. The average molecular weight is 478 g/mol. The highest BCUT2D eigenvalue weighted by Crippen LogP contribution is 2.33. The molecular formula is C19H16ClF4N3O5. The predicted octanol–water partition coefficient (Wildman–Crippen LogP) is 3.50. The number of esters is 1. The summed E-state index contributed by atoms with van der Waals surface area (Å²) >= 11 is 6.13. The van der Waals surface area contributed by atoms with Crippen molar-refractivity contribution in [2.75, 3.05) is 13.7 Å². The Hall–Kier alpha value is -3.15. The van der Waals surface area contributed by atoms with Crippen LogP contribution in [0.1, 0.15) is 31.5 Å². The van der Waals surface area contributed by atoms with E-state index in [-0.39, 0.29) is 35.4 Å². The topological polar surface area (TPSA) is 92.0 Å². The summed E-state index contributed by atoms with van der Waals surface area (Å²) in [4.78, 5) is 33.0. The maximum Gasteiger partial charge on any atom is 0.433 e. The summed E-state index contributed by atoms with van der Waals surface area (Å²) in [5.74, 6) is -1.71. The van der Waals surface area contributed by atoms with Gasteiger partial charge in [-0.1, -0.05) is 16.8 Å². The standard InChI is InChI=1S/C19H16ClF4N3O5/c1-4-31-16(29)18(2)8-12(26-32-18)9-5-13(11(21)6-10(9)20)27-15(28)7-14(19(22,23)24)25-17(27)30-3/h5-7H,4,8H2,1-3H3/t18-/m0/s1. The van der Waals surface area contributed by atoms with Crippen LogP contribution in [0.15, 0.2) is 28.1 Å². The highest BCUT2D eigenvalue weighted by molar-refractivity contribution is 6.34. The molecule has 1 aromatic carbocycles. The van der Waals surface area contributed by atoms with Gasteiger partial charge in [0.2, 0.25) is 5.60 Å². The van der Waals surface area contributed by atoms with Gasteiger partial charge in [-0.05, 0) is 26.0 Å². The van der Waals surface area contributed by atoms with Crippen molar-refractivity contribution in [1.29, 1.82) is 0 Å². The van der Waals surface area contributed by atoms with Crippen LogP contribution in [0.2, 0.25) is 5.02 Å². The van der Waals surface area contributed by atoms with Gasteiger partial charge in [-0.25, -0.2) is 13.8 Å². The first kappa shape index (κ1) is 23.5. The fraction of sp³-hybridized carbons (Fsp3) is 0.368. The van der Waals surface area contributed by atoms with E-state index in [2.05, 4.69) is 10.1 Å². The third-order valence-corrected chi connectivity index (χ3v) is 4.83. The third-order valence-electron chi connectivity index (χ3n) is 4.52. The lowest BCUT2D eigenvalue weighted by Gasteiger charge is -2.19. The molecule has 0 unspecified atom stereocenters. The van der Waals surface area contributed by atoms with Crippen LogP contribution in [0.25, 0.3) is 5.69 Å². The van der Waals surface area contributed by atoms with E-state index in [4.69, 9.17) is 25.9 Å². The number of carbonyl (C=O) groups is 1. The van der Waals surface area contributed by atoms with Crippen LogP contribution in [0.3, 0.4) is 0 Å². The minimum Gasteiger partial charge on any atom is -0.468 e. The van der Waals surface area contributed by atoms with Gasteiger partial charge in [0.15, 0.2) is 5.69 Å². The Morgan fingerprint density at radius 3 is 2.62 bits per heavy atom. The largest absolute Gasteiger partial charge is 0.468 e. The highest BCUT2D eigenvalue weighted by atomic mass is 35.5. The zero-order valence-corrected chi connectivity index (χ0v) is 17.7. The summed E-state index contributed by atoms with van der Waals surface area (Å²) < 4.78 is 63.9. The van der Waals surface area contributed by atoms with Gasteiger partial charge in [0.05, 0.1) is 30.1 Å². The van der Waals surface area contributed by atoms with Crippen molar-refractivity contribution in [2.45, 2.75) is 32.0 Å². The maximum absolute atomic E-state index is 14.7. The number of benzene rings is 1. The normalized spacial score (nSPS) is 18.2. The second kappa shape index (κ2) is 8.41. The van der Waals surface area contributed by atoms with Crippen LogP contribution in [-0.4, -0.2) is 40.5 Å². The molecule has 0 bridgehead atoms. The molecule has 0 N–H and O–H groups in total. The van der Waals surface area contributed by atoms with E-state index in [0.717, 1.165) is 19.2 Å². The second-order valence-corrected chi connectivity index (χ2v) is 7.25. The Balaban J connectivity index is 2.10. The molecule has 0 radical (unpaired) electrons. The van der Waals surface area contributed by atoms with Crippen LogP contribution >= 0.6 is 11.6 Å². The van der Waals surface area contributed by atoms with Crippen molar-refractivity contribution in [3.8, 4) is 11.7 Å². The molecule has 1 atom stereocenters. The molecule has 13 heteroatoms. The molecule has 0 aliphatic carbocycles. The molecule has 3 rings (SSSR count). The van der Waals surface area contributed by atoms with E-state index in [1.165, 1.54) is 6.92 Å². The number of carbonyl (C=O) groups excluding carboxylic acids is 1. The van der Waals surface area contributed by atoms with E-state index in [0.29, 0.717) is 4.57 Å². The van der Waals surface area contributed by atoms with Crippen molar-refractivity contribution in [2.24, 2.45) is 5.16 Å². The monoisotopic (exact) mass is 477 g/mol. The minimum absolute atomic E-state index is 0.0879. The molecule has 2 heterocycles. The highest BCUT2D eigenvalue weighted by Gasteiger charge is 2.44. The molecular weight excluding hydrogens is 462 g/mol. The van der Waals surface area contributed by atoms with Crippen LogP contribution in [0.4, 0.5) is 17.6 Å². The molecule has 0 saturated carbocycles. The summed E-state index contributed by atoms with van der Waals surface area (Å²) in [6.07, 6.45) is -5.00. The molecule has 8 nitrogen and oxygen atoms in total. The van der Waals surface area contributed by atoms with Crippen LogP contribution in [-0.2, 0) is 20.5 Å². The number of rotatable bonds is 5. The molecule has 1 aromatic heterocycles. The van der Waals surface area contributed by atoms with E-state index < -0.39 is 46.5 Å². The number of hydrogen-bond acceptors (Lipinski definition) is 7. The number of hydrogen-bond donors (Lipinski definition) is 0. The summed E-state index contributed by atoms with van der Waals surface area (Å²) in [7, 11) is 0.979. The van der Waals surface area contributed by atoms with Crippen molar-refractivity contribution < 1.29 is 36.7 Å². The number of ether oxygens (including phenoxy) is 2. The van der Waals surface area contributed by atoms with Gasteiger partial charge >= 0.3 is 18.2 Å². The first-order valence-corrected chi connectivity index (χ1v) is 9.46. The third kappa shape index (κ3) is 4.27. The lowest BCUT2D eigenvalue weighted by molar-refractivity contribution is -0.166. The predicted molar refractivity (Wildman–Crippen MR) is 104 cm³/mol. The molecule has 0 fully saturated rings. The zero-order valence-electron chi connectivity index (χ0n) is 16.9. The van der Waals surface area contributed by atoms with Gasteiger partial charge in [0.1, 0.15) is 5.82 Å². The molecule has 0 saturated heterocycles. The lowest BCUT2D eigenvalue weighted by Crippen LogP contribution is -2.37. The Bertz CT molecular complexity index is 1160. The van der Waals surface area contributed by atoms with Gasteiger partial charge < -0.3 is 14.3 Å². The summed E-state index contributed by atoms with van der Waals surface area (Å²) in [6, 6.07) is 1.34. The Morgan fingerprint density at radius 2 is 2.03 bits per heavy atom. The van der Waals surface area contributed by atoms with E-state index in [1.807, 2.05) is 0 Å². The molecule has 0 spiro atoms. The fourth-order valence-electron chi connectivity index (χ4n) is 2.97. The van der Waals surface area contributed by atoms with Gasteiger partial charge in [0.25, 0.3) is 5.56 Å². The summed E-state index contributed by atoms with van der Waals surface area (Å²) in [6.45, 7) is 3.16. The van der Waals surface area contributed by atoms with Crippen LogP contribution in [0.5, 0.6) is 6.01 Å². The number of oxime groups is 1. The molecule has 0 amide bonds. The zero-order chi connectivity index (χ0) is 23.8. The Labute approximate surface area is 183 Å². The first-order valence-electron chi connectivity index (χ1n) is 9.08. The van der Waals surface area contributed by atoms with Gasteiger partial charge in [-0.15, -0.1) is 0 Å². The second-order valence-electron chi connectivity index (χ2n) is 6.84. The van der Waals surface area contributed by atoms with Crippen molar-refractivity contribution >= 4 is 23.3 Å². The van der Waals surface area contributed by atoms with Gasteiger partial charge in [0, 0.05) is 18.1 Å². The molecule has 2 aromatic rings. The number of aromatic nitrogens is 2. The van der Waals surface area contributed by atoms with Gasteiger partial charge in [-0.2, -0.15) is 18.2 Å². The Morgan fingerprint density at radius 1 is 1.34 bits per heavy atom. The Kier molecular flexibility index (Phi) is 6.18. The van der Waals surface area contributed by atoms with E-state index in [9.17, 15) is 27.2 Å². The number of alkyl halides is 3. The van der Waals surface area contributed by atoms with E-state index >= 15 is 0 Å². The minimum atomic E-state index is -4.91. The number of nitrogens with zero attached hydrogens (tertiary/aromatic N) is 3. The maximum atomic E-state index is 14.7. The molecule has 32 heavy (non-hydrogen) atoms. The van der Waals surface area contributed by atoms with E-state index in [1.54, 1.807) is 6.92 Å². The molecule has 1 aliphatic heterocycles. The van der Waals surface area contributed by atoms with Crippen LogP contribution < -0.4 is 10.3 Å². The number of halogens is 5. The van der Waals surface area contributed by atoms with Crippen molar-refractivity contribution in [3.63, 3.8) is 0 Å². The van der Waals surface area contributed by atoms with Gasteiger partial charge in [-0.3, -0.25) is 4.79 Å². The smallest absolute Gasteiger partial charge is 0.433 e. The molecule has 1 aliphatic rings. The summed E-state index contributed by atoms with van der Waals surface area (Å²) in [5, 5.41) is 3.69. The first-order chi connectivity index (χ1) is 14.9. The van der Waals surface area contributed by atoms with Crippen molar-refractivity contribution in [3.05, 3.63) is 50.7 Å². The summed E-state index contributed by atoms with van der Waals surface area (Å²) in [5.41, 5.74) is -4.45. The fourth-order valence-corrected chi connectivity index (χ4v) is 3.23. The SMILES string of the molecule is CCOC(=O)[C@]1(C)CC(c2cc(-n3c(OC)nc(C(F)(F)F)cc3=O)c(F)cc2Cl)=NO1. The number of methoxy groups -OCH3 is 1. The van der Waals surface area contributed by atoms with Crippen LogP contribution in [0, 0.1) is 5.82 Å². The lowest BCUT2D eigenvalue weighted by atomic mass is 9.95. The van der Waals surface area contributed by atoms with Crippen molar-refractivity contribution in [1.82, 2.24) is 9.55 Å². The molecule has 172 valence electrons. The average Bonchev–Trinajstić information content (AvgIpc) is 3.11.